The second kappa shape index (κ2) is 7.43. The molecule has 0 spiro atoms. The van der Waals surface area contributed by atoms with E-state index in [-0.39, 0.29) is 5.91 Å². The van der Waals surface area contributed by atoms with Gasteiger partial charge in [-0.3, -0.25) is 4.79 Å². The zero-order chi connectivity index (χ0) is 17.2. The van der Waals surface area contributed by atoms with Gasteiger partial charge in [0, 0.05) is 27.3 Å². The lowest BCUT2D eigenvalue weighted by atomic mass is 9.95. The molecule has 1 N–H and O–H groups in total. The van der Waals surface area contributed by atoms with E-state index in [1.54, 1.807) is 11.8 Å². The first-order valence-electron chi connectivity index (χ1n) is 8.95. The largest absolute Gasteiger partial charge is 0.349 e. The molecule has 3 atom stereocenters. The highest BCUT2D eigenvalue weighted by molar-refractivity contribution is 7.98. The molecule has 0 radical (unpaired) electrons. The third kappa shape index (κ3) is 4.04. The Balaban J connectivity index is 1.31. The molecule has 2 aromatic carbocycles. The van der Waals surface area contributed by atoms with E-state index in [0.29, 0.717) is 12.0 Å². The van der Waals surface area contributed by atoms with Crippen molar-refractivity contribution in [2.24, 2.45) is 11.8 Å². The van der Waals surface area contributed by atoms with Crippen LogP contribution in [0, 0.1) is 11.8 Å². The molecule has 0 aliphatic heterocycles. The lowest BCUT2D eigenvalue weighted by Crippen LogP contribution is -2.38. The van der Waals surface area contributed by atoms with Crippen LogP contribution >= 0.6 is 23.4 Å². The van der Waals surface area contributed by atoms with Gasteiger partial charge in [0.1, 0.15) is 0 Å². The molecular weight excluding hydrogens is 350 g/mol. The van der Waals surface area contributed by atoms with Crippen molar-refractivity contribution < 1.29 is 4.79 Å². The maximum absolute atomic E-state index is 12.5. The Kier molecular flexibility index (Phi) is 5.05. The number of nitrogens with one attached hydrogen (secondary N) is 1. The maximum atomic E-state index is 12.5. The van der Waals surface area contributed by atoms with Crippen molar-refractivity contribution in [1.29, 1.82) is 0 Å². The standard InChI is InChI=1S/C21H22ClNOS/c22-18-7-9-19(10-8-18)25-13-14-1-4-16(5-2-14)21(24)23-20-12-15-3-6-17(20)11-15/h1-2,4-5,7-10,15,17,20H,3,6,11-13H2,(H,23,24)/t15-,17-,20-/m0/s1. The molecule has 25 heavy (non-hydrogen) atoms. The molecule has 0 unspecified atom stereocenters. The third-order valence-electron chi connectivity index (χ3n) is 5.49. The summed E-state index contributed by atoms with van der Waals surface area (Å²) in [4.78, 5) is 13.7. The number of hydrogen-bond donors (Lipinski definition) is 1. The lowest BCUT2D eigenvalue weighted by molar-refractivity contribution is 0.0923. The van der Waals surface area contributed by atoms with Crippen LogP contribution in [0.4, 0.5) is 0 Å². The molecule has 130 valence electrons. The first-order chi connectivity index (χ1) is 12.2. The van der Waals surface area contributed by atoms with Crippen LogP contribution < -0.4 is 5.32 Å². The molecule has 4 heteroatoms. The summed E-state index contributed by atoms with van der Waals surface area (Å²) in [6.07, 6.45) is 5.13. The Labute approximate surface area is 158 Å². The first-order valence-corrected chi connectivity index (χ1v) is 10.3. The van der Waals surface area contributed by atoms with Crippen LogP contribution in [0.5, 0.6) is 0 Å². The molecular formula is C21H22ClNOS. The molecule has 2 nitrogen and oxygen atoms in total. The van der Waals surface area contributed by atoms with E-state index in [1.807, 2.05) is 36.4 Å². The second-order valence-electron chi connectivity index (χ2n) is 7.19. The topological polar surface area (TPSA) is 29.1 Å². The van der Waals surface area contributed by atoms with Gasteiger partial charge in [-0.1, -0.05) is 30.2 Å². The number of hydrogen-bond acceptors (Lipinski definition) is 2. The average Bonchev–Trinajstić information content (AvgIpc) is 3.25. The van der Waals surface area contributed by atoms with Gasteiger partial charge in [0.2, 0.25) is 0 Å². The number of thioether (sulfide) groups is 1. The maximum Gasteiger partial charge on any atom is 0.251 e. The fourth-order valence-corrected chi connectivity index (χ4v) is 5.10. The smallest absolute Gasteiger partial charge is 0.251 e. The Morgan fingerprint density at radius 3 is 2.44 bits per heavy atom. The highest BCUT2D eigenvalue weighted by Gasteiger charge is 2.40. The summed E-state index contributed by atoms with van der Waals surface area (Å²) < 4.78 is 0. The monoisotopic (exact) mass is 371 g/mol. The third-order valence-corrected chi connectivity index (χ3v) is 6.82. The SMILES string of the molecule is O=C(N[C@H]1C[C@H]2CC[C@H]1C2)c1ccc(CSc2ccc(Cl)cc2)cc1. The lowest BCUT2D eigenvalue weighted by Gasteiger charge is -2.22. The second-order valence-corrected chi connectivity index (χ2v) is 8.68. The highest BCUT2D eigenvalue weighted by atomic mass is 35.5. The molecule has 2 saturated carbocycles. The summed E-state index contributed by atoms with van der Waals surface area (Å²) in [6, 6.07) is 16.3. The van der Waals surface area contributed by atoms with E-state index < -0.39 is 0 Å². The normalized spacial score (nSPS) is 24.4. The molecule has 2 aromatic rings. The van der Waals surface area contributed by atoms with Gasteiger partial charge in [0.15, 0.2) is 0 Å². The molecule has 2 bridgehead atoms. The van der Waals surface area contributed by atoms with Gasteiger partial charge >= 0.3 is 0 Å². The van der Waals surface area contributed by atoms with Crippen LogP contribution in [0.3, 0.4) is 0 Å². The quantitative estimate of drug-likeness (QED) is 0.698. The summed E-state index contributed by atoms with van der Waals surface area (Å²) in [6.45, 7) is 0. The van der Waals surface area contributed by atoms with E-state index in [2.05, 4.69) is 17.4 Å². The number of benzene rings is 2. The number of halogens is 1. The molecule has 1 amide bonds. The number of carbonyl (C=O) groups is 1. The summed E-state index contributed by atoms with van der Waals surface area (Å²) in [5.74, 6) is 2.52. The first kappa shape index (κ1) is 17.0. The molecule has 2 aliphatic rings. The minimum absolute atomic E-state index is 0.0782. The van der Waals surface area contributed by atoms with Crippen LogP contribution in [0.2, 0.25) is 5.02 Å². The fraction of sp³-hybridized carbons (Fsp3) is 0.381. The van der Waals surface area contributed by atoms with E-state index >= 15 is 0 Å². The molecule has 2 fully saturated rings. The minimum atomic E-state index is 0.0782. The number of fused-ring (bicyclic) bond motifs is 2. The van der Waals surface area contributed by atoms with Crippen molar-refractivity contribution in [3.63, 3.8) is 0 Å². The molecule has 0 heterocycles. The van der Waals surface area contributed by atoms with Crippen LogP contribution in [0.25, 0.3) is 0 Å². The van der Waals surface area contributed by atoms with Crippen molar-refractivity contribution in [2.75, 3.05) is 0 Å². The van der Waals surface area contributed by atoms with E-state index in [9.17, 15) is 4.79 Å². The number of carbonyl (C=O) groups excluding carboxylic acids is 1. The van der Waals surface area contributed by atoms with Crippen molar-refractivity contribution in [3.8, 4) is 0 Å². The molecule has 0 aromatic heterocycles. The minimum Gasteiger partial charge on any atom is -0.349 e. The van der Waals surface area contributed by atoms with Gasteiger partial charge in [-0.2, -0.15) is 0 Å². The molecule has 4 rings (SSSR count). The van der Waals surface area contributed by atoms with Crippen molar-refractivity contribution in [1.82, 2.24) is 5.32 Å². The fourth-order valence-electron chi connectivity index (χ4n) is 4.12. The number of amides is 1. The summed E-state index contributed by atoms with van der Waals surface area (Å²) in [5.41, 5.74) is 1.99. The molecule has 0 saturated heterocycles. The zero-order valence-corrected chi connectivity index (χ0v) is 15.7. The van der Waals surface area contributed by atoms with Gasteiger partial charge < -0.3 is 5.32 Å². The van der Waals surface area contributed by atoms with Crippen molar-refractivity contribution in [3.05, 3.63) is 64.7 Å². The van der Waals surface area contributed by atoms with Gasteiger partial charge in [-0.15, -0.1) is 11.8 Å². The summed E-state index contributed by atoms with van der Waals surface area (Å²) in [5, 5.41) is 4.01. The summed E-state index contributed by atoms with van der Waals surface area (Å²) >= 11 is 7.68. The van der Waals surface area contributed by atoms with E-state index in [1.165, 1.54) is 36.1 Å². The van der Waals surface area contributed by atoms with Crippen LogP contribution in [-0.4, -0.2) is 11.9 Å². The van der Waals surface area contributed by atoms with Crippen molar-refractivity contribution >= 4 is 29.3 Å². The number of rotatable bonds is 5. The van der Waals surface area contributed by atoms with Gasteiger partial charge in [0.25, 0.3) is 5.91 Å². The van der Waals surface area contributed by atoms with Crippen LogP contribution in [0.15, 0.2) is 53.4 Å². The van der Waals surface area contributed by atoms with E-state index in [4.69, 9.17) is 11.6 Å². The van der Waals surface area contributed by atoms with Crippen molar-refractivity contribution in [2.45, 2.75) is 42.4 Å². The zero-order valence-electron chi connectivity index (χ0n) is 14.1. The van der Waals surface area contributed by atoms with Gasteiger partial charge in [-0.25, -0.2) is 0 Å². The predicted octanol–water partition coefficient (Wildman–Crippen LogP) is 5.55. The van der Waals surface area contributed by atoms with E-state index in [0.717, 1.165) is 22.3 Å². The van der Waals surface area contributed by atoms with Crippen LogP contribution in [0.1, 0.15) is 41.6 Å². The average molecular weight is 372 g/mol. The Morgan fingerprint density at radius 1 is 1.04 bits per heavy atom. The Morgan fingerprint density at radius 2 is 1.80 bits per heavy atom. The van der Waals surface area contributed by atoms with Crippen LogP contribution in [-0.2, 0) is 5.75 Å². The Bertz CT molecular complexity index is 743. The van der Waals surface area contributed by atoms with Gasteiger partial charge in [-0.05, 0) is 73.1 Å². The predicted molar refractivity (Wildman–Crippen MR) is 104 cm³/mol. The van der Waals surface area contributed by atoms with Gasteiger partial charge in [0.05, 0.1) is 0 Å². The molecule has 2 aliphatic carbocycles. The summed E-state index contributed by atoms with van der Waals surface area (Å²) in [7, 11) is 0. The highest BCUT2D eigenvalue weighted by Crippen LogP contribution is 2.44. The Hall–Kier alpha value is -1.45.